The molecule has 0 aliphatic carbocycles. The summed E-state index contributed by atoms with van der Waals surface area (Å²) in [5, 5.41) is 0. The normalized spacial score (nSPS) is 6.25. The molecule has 0 bridgehead atoms. The van der Waals surface area contributed by atoms with Crippen LogP contribution in [-0.4, -0.2) is 6.54 Å². The first-order valence-electron chi connectivity index (χ1n) is 2.10. The summed E-state index contributed by atoms with van der Waals surface area (Å²) in [7, 11) is 0. The molecule has 8 heavy (non-hydrogen) atoms. The standard InChI is InChI=1S/C5H9N.2ClH/c1-5(2)4-6-3;;/h5H,4H2,1-2H3;2*1H/p-2. The van der Waals surface area contributed by atoms with Gasteiger partial charge in [0.1, 0.15) is 0 Å². The Kier molecular flexibility index (Phi) is 19.9. The molecule has 0 aromatic rings. The summed E-state index contributed by atoms with van der Waals surface area (Å²) in [5.74, 6) is 0.544. The van der Waals surface area contributed by atoms with E-state index in [0.717, 1.165) is 0 Å². The summed E-state index contributed by atoms with van der Waals surface area (Å²) >= 11 is 0. The fraction of sp³-hybridized carbons (Fsp3) is 0.800. The van der Waals surface area contributed by atoms with Gasteiger partial charge >= 0.3 is 0 Å². The molecule has 3 heteroatoms. The fourth-order valence-corrected chi connectivity index (χ4v) is 0.183. The van der Waals surface area contributed by atoms with Crippen LogP contribution in [0.1, 0.15) is 13.8 Å². The van der Waals surface area contributed by atoms with Gasteiger partial charge in [-0.2, -0.15) is 0 Å². The van der Waals surface area contributed by atoms with Gasteiger partial charge in [-0.25, -0.2) is 6.57 Å². The summed E-state index contributed by atoms with van der Waals surface area (Å²) in [5.41, 5.74) is 0. The molecule has 0 spiro atoms. The average Bonchev–Trinajstić information content (AvgIpc) is 1.35. The first-order chi connectivity index (χ1) is 2.77. The maximum Gasteiger partial charge on any atom is 0.216 e. The van der Waals surface area contributed by atoms with Crippen LogP contribution in [0.25, 0.3) is 4.85 Å². The third kappa shape index (κ3) is 16.6. The molecule has 0 rings (SSSR count). The lowest BCUT2D eigenvalue weighted by molar-refractivity contribution is -0.00100. The minimum absolute atomic E-state index is 0. The zero-order valence-corrected chi connectivity index (χ0v) is 6.50. The summed E-state index contributed by atoms with van der Waals surface area (Å²) in [6.07, 6.45) is 0. The van der Waals surface area contributed by atoms with E-state index >= 15 is 0 Å². The zero-order valence-electron chi connectivity index (χ0n) is 4.99. The Morgan fingerprint density at radius 3 is 1.75 bits per heavy atom. The molecule has 0 amide bonds. The Morgan fingerprint density at radius 2 is 1.75 bits per heavy atom. The van der Waals surface area contributed by atoms with Gasteiger partial charge < -0.3 is 29.7 Å². The monoisotopic (exact) mass is 153 g/mol. The van der Waals surface area contributed by atoms with Crippen LogP contribution < -0.4 is 24.8 Å². The van der Waals surface area contributed by atoms with Gasteiger partial charge in [0.2, 0.25) is 6.54 Å². The Bertz CT molecular complexity index is 65.3. The fourth-order valence-electron chi connectivity index (χ4n) is 0.183. The quantitative estimate of drug-likeness (QED) is 0.336. The van der Waals surface area contributed by atoms with Gasteiger partial charge in [0.05, 0.1) is 0 Å². The zero-order chi connectivity index (χ0) is 4.99. The van der Waals surface area contributed by atoms with Crippen molar-refractivity contribution in [2.24, 2.45) is 5.92 Å². The van der Waals surface area contributed by atoms with Crippen LogP contribution in [0.15, 0.2) is 0 Å². The summed E-state index contributed by atoms with van der Waals surface area (Å²) in [4.78, 5) is 3.19. The van der Waals surface area contributed by atoms with Gasteiger partial charge in [0, 0.05) is 5.92 Å². The second-order valence-electron chi connectivity index (χ2n) is 1.73. The minimum Gasteiger partial charge on any atom is -1.00 e. The Morgan fingerprint density at radius 1 is 1.38 bits per heavy atom. The highest BCUT2D eigenvalue weighted by molar-refractivity contribution is 4.60. The van der Waals surface area contributed by atoms with E-state index in [1.54, 1.807) is 0 Å². The molecule has 0 aromatic heterocycles. The molecule has 0 saturated heterocycles. The summed E-state index contributed by atoms with van der Waals surface area (Å²) in [6, 6.07) is 0. The van der Waals surface area contributed by atoms with Crippen molar-refractivity contribution >= 4 is 0 Å². The highest BCUT2D eigenvalue weighted by Gasteiger charge is 1.89. The van der Waals surface area contributed by atoms with Gasteiger partial charge in [-0.15, -0.1) is 0 Å². The highest BCUT2D eigenvalue weighted by atomic mass is 35.5. The molecule has 0 aliphatic rings. The molecule has 0 radical (unpaired) electrons. The SMILES string of the molecule is [C-]#[N+]CC(C)C.[Cl-].[Cl-]. The second-order valence-corrected chi connectivity index (χ2v) is 1.73. The van der Waals surface area contributed by atoms with Crippen molar-refractivity contribution in [2.45, 2.75) is 13.8 Å². The van der Waals surface area contributed by atoms with E-state index in [9.17, 15) is 0 Å². The van der Waals surface area contributed by atoms with Crippen molar-refractivity contribution in [3.63, 3.8) is 0 Å². The van der Waals surface area contributed by atoms with E-state index in [4.69, 9.17) is 6.57 Å². The molecule has 0 fully saturated rings. The van der Waals surface area contributed by atoms with Crippen molar-refractivity contribution in [1.29, 1.82) is 0 Å². The number of halogens is 2. The molecule has 0 unspecified atom stereocenters. The molecule has 0 atom stereocenters. The summed E-state index contributed by atoms with van der Waals surface area (Å²) in [6.45, 7) is 11.1. The maximum absolute atomic E-state index is 6.36. The predicted octanol–water partition coefficient (Wildman–Crippen LogP) is -4.43. The topological polar surface area (TPSA) is 4.36 Å². The lowest BCUT2D eigenvalue weighted by Gasteiger charge is -1.85. The van der Waals surface area contributed by atoms with Crippen LogP contribution in [-0.2, 0) is 0 Å². The predicted molar refractivity (Wildman–Crippen MR) is 26.3 cm³/mol. The smallest absolute Gasteiger partial charge is 0.216 e. The average molecular weight is 154 g/mol. The Hall–Kier alpha value is 0.0700. The molecule has 1 nitrogen and oxygen atoms in total. The maximum atomic E-state index is 6.36. The van der Waals surface area contributed by atoms with Gasteiger partial charge in [-0.05, 0) is 0 Å². The molecule has 50 valence electrons. The lowest BCUT2D eigenvalue weighted by Crippen LogP contribution is -3.00. The van der Waals surface area contributed by atoms with Crippen molar-refractivity contribution in [3.05, 3.63) is 11.4 Å². The van der Waals surface area contributed by atoms with Crippen LogP contribution in [0.3, 0.4) is 0 Å². The van der Waals surface area contributed by atoms with E-state index in [-0.39, 0.29) is 24.8 Å². The number of rotatable bonds is 1. The van der Waals surface area contributed by atoms with Gasteiger partial charge in [0.15, 0.2) is 0 Å². The van der Waals surface area contributed by atoms with Crippen molar-refractivity contribution in [2.75, 3.05) is 6.54 Å². The second kappa shape index (κ2) is 10.1. The van der Waals surface area contributed by atoms with Crippen LogP contribution in [0.5, 0.6) is 0 Å². The molecule has 0 heterocycles. The van der Waals surface area contributed by atoms with E-state index in [0.29, 0.717) is 12.5 Å². The largest absolute Gasteiger partial charge is 1.00 e. The third-order valence-electron chi connectivity index (χ3n) is 0.456. The van der Waals surface area contributed by atoms with Crippen LogP contribution >= 0.6 is 0 Å². The van der Waals surface area contributed by atoms with E-state index in [1.165, 1.54) is 0 Å². The first kappa shape index (κ1) is 15.7. The minimum atomic E-state index is 0. The number of hydrogen-bond donors (Lipinski definition) is 0. The molecule has 0 N–H and O–H groups in total. The lowest BCUT2D eigenvalue weighted by atomic mass is 10.2. The van der Waals surface area contributed by atoms with Crippen LogP contribution in [0.4, 0.5) is 0 Å². The Balaban J connectivity index is -0.000000125. The van der Waals surface area contributed by atoms with Crippen molar-refractivity contribution in [1.82, 2.24) is 0 Å². The molecule has 0 aromatic carbocycles. The highest BCUT2D eigenvalue weighted by Crippen LogP contribution is 1.88. The number of nitrogens with zero attached hydrogens (tertiary/aromatic N) is 1. The van der Waals surface area contributed by atoms with Gasteiger partial charge in [0.25, 0.3) is 0 Å². The van der Waals surface area contributed by atoms with E-state index in [2.05, 4.69) is 4.85 Å². The molecule has 0 saturated carbocycles. The Labute approximate surface area is 63.1 Å². The summed E-state index contributed by atoms with van der Waals surface area (Å²) < 4.78 is 0. The molecular weight excluding hydrogens is 145 g/mol. The van der Waals surface area contributed by atoms with Gasteiger partial charge in [-0.1, -0.05) is 13.8 Å². The third-order valence-corrected chi connectivity index (χ3v) is 0.456. The number of hydrogen-bond acceptors (Lipinski definition) is 0. The molecular formula is C5H9Cl2N-2. The van der Waals surface area contributed by atoms with Crippen LogP contribution in [0.2, 0.25) is 0 Å². The molecule has 0 aliphatic heterocycles. The van der Waals surface area contributed by atoms with E-state index in [1.807, 2.05) is 13.8 Å². The first-order valence-corrected chi connectivity index (χ1v) is 2.10. The van der Waals surface area contributed by atoms with Crippen molar-refractivity contribution in [3.8, 4) is 0 Å². The van der Waals surface area contributed by atoms with E-state index < -0.39 is 0 Å². The van der Waals surface area contributed by atoms with Gasteiger partial charge in [-0.3, -0.25) is 0 Å². The van der Waals surface area contributed by atoms with Crippen LogP contribution in [0, 0.1) is 12.5 Å². The van der Waals surface area contributed by atoms with Crippen molar-refractivity contribution < 1.29 is 24.8 Å².